The number of unbranched alkanes of at least 4 members (excludes halogenated alkanes) is 14. The minimum Gasteiger partial charge on any atom is -0.310 e. The highest BCUT2D eigenvalue weighted by molar-refractivity contribution is 5.88. The molecule has 4 aromatic carbocycles. The predicted molar refractivity (Wildman–Crippen MR) is 207 cm³/mol. The van der Waals surface area contributed by atoms with Crippen LogP contribution in [0.2, 0.25) is 0 Å². The van der Waals surface area contributed by atoms with Crippen molar-refractivity contribution in [1.29, 1.82) is 0 Å². The van der Waals surface area contributed by atoms with Gasteiger partial charge in [0, 0.05) is 28.0 Å². The molecule has 5 rings (SSSR count). The lowest BCUT2D eigenvalue weighted by atomic mass is 9.70. The number of carbonyl (C=O) groups is 1. The molecule has 1 aliphatic carbocycles. The lowest BCUT2D eigenvalue weighted by Gasteiger charge is -2.34. The van der Waals surface area contributed by atoms with Crippen LogP contribution in [-0.4, -0.2) is 6.29 Å². The highest BCUT2D eigenvalue weighted by Crippen LogP contribution is 2.55. The van der Waals surface area contributed by atoms with Gasteiger partial charge in [0.2, 0.25) is 0 Å². The lowest BCUT2D eigenvalue weighted by molar-refractivity contribution is 0.112. The fourth-order valence-corrected chi connectivity index (χ4v) is 8.10. The molecule has 0 heterocycles. The van der Waals surface area contributed by atoms with E-state index in [4.69, 9.17) is 0 Å². The molecule has 0 saturated carbocycles. The van der Waals surface area contributed by atoms with Crippen molar-refractivity contribution in [1.82, 2.24) is 0 Å². The predicted octanol–water partition coefficient (Wildman–Crippen LogP) is 14.3. The van der Waals surface area contributed by atoms with E-state index in [1.165, 1.54) is 142 Å². The van der Waals surface area contributed by atoms with Gasteiger partial charge in [0.05, 0.1) is 0 Å². The summed E-state index contributed by atoms with van der Waals surface area (Å²) in [6, 6.07) is 35.2. The van der Waals surface area contributed by atoms with Crippen LogP contribution < -0.4 is 4.90 Å². The SMILES string of the molecule is CCCCCCCCCCC1(CCCCCCCCCC)c2cc(C=O)ccc2-c2ccc(N(c3ccccc3)c3ccccc3)cc21. The van der Waals surface area contributed by atoms with Gasteiger partial charge in [-0.05, 0) is 77.6 Å². The minimum atomic E-state index is -0.0802. The van der Waals surface area contributed by atoms with Crippen molar-refractivity contribution in [2.45, 2.75) is 135 Å². The summed E-state index contributed by atoms with van der Waals surface area (Å²) >= 11 is 0. The Hall–Kier alpha value is -3.65. The van der Waals surface area contributed by atoms with E-state index in [9.17, 15) is 4.79 Å². The standard InChI is InChI=1S/C46H59NO/c1-3-5-7-9-11-13-15-23-33-46(34-24-16-14-12-10-8-6-4-2)44-35-38(37-48)29-31-42(44)43-32-30-41(36-45(43)46)47(39-25-19-17-20-26-39)40-27-21-18-22-28-40/h17-22,25-32,35-37H,3-16,23-24,33-34H2,1-2H3. The van der Waals surface area contributed by atoms with Crippen LogP contribution in [-0.2, 0) is 5.41 Å². The summed E-state index contributed by atoms with van der Waals surface area (Å²) in [5.41, 5.74) is 9.77. The summed E-state index contributed by atoms with van der Waals surface area (Å²) in [5.74, 6) is 0. The Bertz CT molecular complexity index is 1470. The number of fused-ring (bicyclic) bond motifs is 3. The van der Waals surface area contributed by atoms with Crippen molar-refractivity contribution in [3.05, 3.63) is 114 Å². The number of nitrogens with zero attached hydrogens (tertiary/aromatic N) is 1. The molecule has 0 fully saturated rings. The first-order valence-electron chi connectivity index (χ1n) is 19.4. The van der Waals surface area contributed by atoms with Crippen molar-refractivity contribution in [2.24, 2.45) is 0 Å². The van der Waals surface area contributed by atoms with Crippen molar-refractivity contribution >= 4 is 23.3 Å². The molecule has 48 heavy (non-hydrogen) atoms. The third-order valence-corrected chi connectivity index (χ3v) is 10.7. The zero-order valence-corrected chi connectivity index (χ0v) is 29.9. The zero-order chi connectivity index (χ0) is 33.4. The smallest absolute Gasteiger partial charge is 0.150 e. The average molecular weight is 642 g/mol. The van der Waals surface area contributed by atoms with E-state index in [1.807, 2.05) is 6.07 Å². The second-order valence-electron chi connectivity index (χ2n) is 14.2. The van der Waals surface area contributed by atoms with Crippen molar-refractivity contribution < 1.29 is 4.79 Å². The number of hydrogen-bond acceptors (Lipinski definition) is 2. The molecular weight excluding hydrogens is 583 g/mol. The summed E-state index contributed by atoms with van der Waals surface area (Å²) in [6.07, 6.45) is 24.5. The molecule has 0 aromatic heterocycles. The maximum absolute atomic E-state index is 12.2. The van der Waals surface area contributed by atoms with Gasteiger partial charge in [0.1, 0.15) is 6.29 Å². The quantitative estimate of drug-likeness (QED) is 0.0628. The Labute approximate surface area is 292 Å². The number of benzene rings is 4. The number of rotatable bonds is 22. The number of hydrogen-bond donors (Lipinski definition) is 0. The van der Waals surface area contributed by atoms with Crippen LogP contribution in [0, 0.1) is 0 Å². The number of anilines is 3. The molecule has 2 nitrogen and oxygen atoms in total. The molecule has 0 aliphatic heterocycles. The van der Waals surface area contributed by atoms with E-state index in [-0.39, 0.29) is 5.41 Å². The van der Waals surface area contributed by atoms with E-state index in [2.05, 4.69) is 110 Å². The first-order chi connectivity index (χ1) is 23.7. The minimum absolute atomic E-state index is 0.0802. The fourth-order valence-electron chi connectivity index (χ4n) is 8.10. The second-order valence-corrected chi connectivity index (χ2v) is 14.2. The van der Waals surface area contributed by atoms with Gasteiger partial charge >= 0.3 is 0 Å². The zero-order valence-electron chi connectivity index (χ0n) is 29.9. The third-order valence-electron chi connectivity index (χ3n) is 10.7. The van der Waals surface area contributed by atoms with Gasteiger partial charge in [-0.25, -0.2) is 0 Å². The molecule has 0 unspecified atom stereocenters. The molecule has 0 N–H and O–H groups in total. The Morgan fingerprint density at radius 3 is 1.40 bits per heavy atom. The molecule has 0 amide bonds. The van der Waals surface area contributed by atoms with Gasteiger partial charge in [-0.2, -0.15) is 0 Å². The summed E-state index contributed by atoms with van der Waals surface area (Å²) in [5, 5.41) is 0. The number of para-hydroxylation sites is 2. The molecular formula is C46H59NO. The molecule has 254 valence electrons. The average Bonchev–Trinajstić information content (AvgIpc) is 3.39. The maximum atomic E-state index is 12.2. The van der Waals surface area contributed by atoms with Crippen LogP contribution in [0.25, 0.3) is 11.1 Å². The topological polar surface area (TPSA) is 20.3 Å². The normalized spacial score (nSPS) is 12.9. The van der Waals surface area contributed by atoms with E-state index in [0.717, 1.165) is 24.7 Å². The van der Waals surface area contributed by atoms with E-state index in [0.29, 0.717) is 0 Å². The van der Waals surface area contributed by atoms with E-state index < -0.39 is 0 Å². The van der Waals surface area contributed by atoms with Gasteiger partial charge < -0.3 is 4.90 Å². The van der Waals surface area contributed by atoms with Crippen molar-refractivity contribution in [3.63, 3.8) is 0 Å². The maximum Gasteiger partial charge on any atom is 0.150 e. The molecule has 2 heteroatoms. The second kappa shape index (κ2) is 18.8. The van der Waals surface area contributed by atoms with Crippen LogP contribution in [0.15, 0.2) is 97.1 Å². The fraction of sp³-hybridized carbons (Fsp3) is 0.457. The van der Waals surface area contributed by atoms with Gasteiger partial charge in [0.15, 0.2) is 0 Å². The highest BCUT2D eigenvalue weighted by Gasteiger charge is 2.42. The molecule has 1 aliphatic rings. The monoisotopic (exact) mass is 641 g/mol. The van der Waals surface area contributed by atoms with Gasteiger partial charge in [-0.15, -0.1) is 0 Å². The van der Waals surface area contributed by atoms with Crippen LogP contribution in [0.5, 0.6) is 0 Å². The van der Waals surface area contributed by atoms with Crippen LogP contribution >= 0.6 is 0 Å². The van der Waals surface area contributed by atoms with Crippen LogP contribution in [0.1, 0.15) is 151 Å². The van der Waals surface area contributed by atoms with Crippen molar-refractivity contribution in [2.75, 3.05) is 4.90 Å². The first-order valence-corrected chi connectivity index (χ1v) is 19.4. The molecule has 0 saturated heterocycles. The Morgan fingerprint density at radius 2 is 0.917 bits per heavy atom. The van der Waals surface area contributed by atoms with Crippen LogP contribution in [0.4, 0.5) is 17.1 Å². The van der Waals surface area contributed by atoms with Gasteiger partial charge in [-0.3, -0.25) is 4.79 Å². The largest absolute Gasteiger partial charge is 0.310 e. The summed E-state index contributed by atoms with van der Waals surface area (Å²) in [4.78, 5) is 14.6. The van der Waals surface area contributed by atoms with Gasteiger partial charge in [-0.1, -0.05) is 171 Å². The molecule has 0 bridgehead atoms. The third kappa shape index (κ3) is 8.87. The molecule has 0 spiro atoms. The lowest BCUT2D eigenvalue weighted by Crippen LogP contribution is -2.26. The molecule has 0 atom stereocenters. The Balaban J connectivity index is 1.50. The molecule has 4 aromatic rings. The van der Waals surface area contributed by atoms with Crippen LogP contribution in [0.3, 0.4) is 0 Å². The van der Waals surface area contributed by atoms with E-state index in [1.54, 1.807) is 0 Å². The molecule has 0 radical (unpaired) electrons. The summed E-state index contributed by atoms with van der Waals surface area (Å²) < 4.78 is 0. The first kappa shape index (κ1) is 35.7. The van der Waals surface area contributed by atoms with Gasteiger partial charge in [0.25, 0.3) is 0 Å². The summed E-state index contributed by atoms with van der Waals surface area (Å²) in [6.45, 7) is 4.59. The number of carbonyl (C=O) groups excluding carboxylic acids is 1. The summed E-state index contributed by atoms with van der Waals surface area (Å²) in [7, 11) is 0. The Morgan fingerprint density at radius 1 is 0.479 bits per heavy atom. The Kier molecular flexibility index (Phi) is 13.9. The number of aldehydes is 1. The highest BCUT2D eigenvalue weighted by atomic mass is 16.1. The van der Waals surface area contributed by atoms with E-state index >= 15 is 0 Å². The van der Waals surface area contributed by atoms with Crippen molar-refractivity contribution in [3.8, 4) is 11.1 Å².